The molecule has 0 aliphatic heterocycles. The lowest BCUT2D eigenvalue weighted by Crippen LogP contribution is -2.13. The van der Waals surface area contributed by atoms with Gasteiger partial charge in [-0.25, -0.2) is 4.63 Å². The molecule has 2 aromatic carbocycles. The lowest BCUT2D eigenvalue weighted by molar-refractivity contribution is 0.0997. The van der Waals surface area contributed by atoms with Gasteiger partial charge in [-0.15, -0.1) is 0 Å². The Hall–Kier alpha value is -3.13. The van der Waals surface area contributed by atoms with Crippen molar-refractivity contribution < 1.29 is 18.6 Å². The van der Waals surface area contributed by atoms with Crippen LogP contribution >= 0.6 is 15.9 Å². The Bertz CT molecular complexity index is 1180. The highest BCUT2D eigenvalue weighted by molar-refractivity contribution is 9.10. The van der Waals surface area contributed by atoms with Crippen LogP contribution in [0.15, 0.2) is 56.0 Å². The molecule has 2 heterocycles. The predicted molar refractivity (Wildman–Crippen MR) is 112 cm³/mol. The van der Waals surface area contributed by atoms with E-state index < -0.39 is 5.91 Å². The van der Waals surface area contributed by atoms with Crippen LogP contribution in [0.1, 0.15) is 30.0 Å². The first-order valence-corrected chi connectivity index (χ1v) is 9.81. The summed E-state index contributed by atoms with van der Waals surface area (Å²) in [5.41, 5.74) is 2.54. The molecule has 0 unspecified atom stereocenters. The number of amides is 1. The number of nitrogens with zero attached hydrogens (tertiary/aromatic N) is 2. The summed E-state index contributed by atoms with van der Waals surface area (Å²) >= 11 is 3.43. The quantitative estimate of drug-likeness (QED) is 0.421. The molecule has 1 N–H and O–H groups in total. The number of benzene rings is 2. The Labute approximate surface area is 175 Å². The Morgan fingerprint density at radius 2 is 1.90 bits per heavy atom. The van der Waals surface area contributed by atoms with Crippen molar-refractivity contribution in [1.82, 2.24) is 10.3 Å². The topological polar surface area (TPSA) is 90.4 Å². The van der Waals surface area contributed by atoms with Crippen molar-refractivity contribution in [2.45, 2.75) is 26.9 Å². The molecule has 148 valence electrons. The molecule has 29 heavy (non-hydrogen) atoms. The molecule has 2 aromatic heterocycles. The van der Waals surface area contributed by atoms with Crippen LogP contribution in [-0.2, 0) is 0 Å². The van der Waals surface area contributed by atoms with Gasteiger partial charge >= 0.3 is 0 Å². The van der Waals surface area contributed by atoms with Gasteiger partial charge in [-0.2, -0.15) is 0 Å². The van der Waals surface area contributed by atoms with E-state index in [1.54, 1.807) is 0 Å². The summed E-state index contributed by atoms with van der Waals surface area (Å²) in [6.45, 7) is 5.76. The molecule has 0 saturated carbocycles. The summed E-state index contributed by atoms with van der Waals surface area (Å²) in [6.07, 6.45) is 0.0806. The summed E-state index contributed by atoms with van der Waals surface area (Å²) < 4.78 is 17.1. The van der Waals surface area contributed by atoms with Gasteiger partial charge in [0, 0.05) is 21.0 Å². The molecule has 0 aliphatic rings. The number of anilines is 1. The third-order valence-electron chi connectivity index (χ3n) is 4.32. The van der Waals surface area contributed by atoms with Crippen molar-refractivity contribution in [1.29, 1.82) is 0 Å². The van der Waals surface area contributed by atoms with Gasteiger partial charge in [-0.05, 0) is 73.5 Å². The number of fused-ring (bicyclic) bond motifs is 1. The second kappa shape index (κ2) is 7.71. The van der Waals surface area contributed by atoms with Crippen LogP contribution in [0.4, 0.5) is 5.82 Å². The molecule has 4 aromatic rings. The molecule has 0 fully saturated rings. The van der Waals surface area contributed by atoms with E-state index in [-0.39, 0.29) is 17.7 Å². The van der Waals surface area contributed by atoms with E-state index in [0.717, 1.165) is 26.7 Å². The molecular weight excluding hydrogens is 438 g/mol. The van der Waals surface area contributed by atoms with Crippen LogP contribution in [0.25, 0.3) is 22.2 Å². The van der Waals surface area contributed by atoms with E-state index in [1.807, 2.05) is 63.2 Å². The van der Waals surface area contributed by atoms with E-state index in [2.05, 4.69) is 31.6 Å². The maximum Gasteiger partial charge on any atom is 0.292 e. The van der Waals surface area contributed by atoms with Crippen molar-refractivity contribution in [3.63, 3.8) is 0 Å². The average Bonchev–Trinajstić information content (AvgIpc) is 3.27. The number of carbonyl (C=O) groups excluding carboxylic acids is 1. The van der Waals surface area contributed by atoms with Crippen LogP contribution in [0.3, 0.4) is 0 Å². The molecule has 0 spiro atoms. The first kappa shape index (κ1) is 19.2. The summed E-state index contributed by atoms with van der Waals surface area (Å²) in [6, 6.07) is 12.9. The number of rotatable bonds is 5. The number of nitrogens with one attached hydrogen (secondary N) is 1. The Morgan fingerprint density at radius 1 is 1.14 bits per heavy atom. The molecule has 0 bridgehead atoms. The van der Waals surface area contributed by atoms with Crippen molar-refractivity contribution in [2.75, 3.05) is 5.32 Å². The van der Waals surface area contributed by atoms with E-state index in [1.165, 1.54) is 0 Å². The smallest absolute Gasteiger partial charge is 0.292 e. The van der Waals surface area contributed by atoms with Gasteiger partial charge in [-0.3, -0.25) is 10.1 Å². The second-order valence-corrected chi connectivity index (χ2v) is 7.72. The monoisotopic (exact) mass is 455 g/mol. The fraction of sp³-hybridized carbons (Fsp3) is 0.190. The van der Waals surface area contributed by atoms with Gasteiger partial charge < -0.3 is 9.15 Å². The normalized spacial score (nSPS) is 11.2. The van der Waals surface area contributed by atoms with Crippen LogP contribution in [0.5, 0.6) is 5.75 Å². The maximum atomic E-state index is 12.8. The third-order valence-corrected chi connectivity index (χ3v) is 4.82. The number of hydrogen-bond donors (Lipinski definition) is 1. The Kier molecular flexibility index (Phi) is 5.10. The molecule has 1 amide bonds. The first-order valence-electron chi connectivity index (χ1n) is 9.02. The molecule has 0 radical (unpaired) electrons. The average molecular weight is 456 g/mol. The largest absolute Gasteiger partial charge is 0.491 e. The SMILES string of the molecule is Cc1c(C(=O)Nc2nonc2-c2ccc(OC(C)C)cc2)oc2ccc(Br)cc12. The van der Waals surface area contributed by atoms with Crippen molar-refractivity contribution in [2.24, 2.45) is 0 Å². The van der Waals surface area contributed by atoms with E-state index in [9.17, 15) is 4.79 Å². The predicted octanol–water partition coefficient (Wildman–Crippen LogP) is 5.59. The Morgan fingerprint density at radius 3 is 2.62 bits per heavy atom. The Balaban J connectivity index is 1.59. The van der Waals surface area contributed by atoms with Gasteiger partial charge in [0.25, 0.3) is 5.91 Å². The van der Waals surface area contributed by atoms with Crippen LogP contribution in [-0.4, -0.2) is 22.3 Å². The molecule has 4 rings (SSSR count). The number of aryl methyl sites for hydroxylation is 1. The summed E-state index contributed by atoms with van der Waals surface area (Å²) in [4.78, 5) is 12.8. The van der Waals surface area contributed by atoms with E-state index in [4.69, 9.17) is 13.8 Å². The van der Waals surface area contributed by atoms with Crippen LogP contribution in [0, 0.1) is 6.92 Å². The summed E-state index contributed by atoms with van der Waals surface area (Å²) in [7, 11) is 0. The van der Waals surface area contributed by atoms with Gasteiger partial charge in [0.1, 0.15) is 11.3 Å². The minimum absolute atomic E-state index is 0.0806. The molecule has 0 aliphatic carbocycles. The van der Waals surface area contributed by atoms with Gasteiger partial charge in [0.05, 0.1) is 6.10 Å². The standard InChI is InChI=1S/C21H18BrN3O4/c1-11(2)27-15-7-4-13(5-8-15)18-20(25-29-24-18)23-21(26)19-12(3)16-10-14(22)6-9-17(16)28-19/h4-11H,1-3H3,(H,23,25,26). The lowest BCUT2D eigenvalue weighted by atomic mass is 10.1. The zero-order valence-corrected chi connectivity index (χ0v) is 17.6. The van der Waals surface area contributed by atoms with Crippen molar-refractivity contribution in [3.8, 4) is 17.0 Å². The molecule has 0 saturated heterocycles. The molecule has 0 atom stereocenters. The van der Waals surface area contributed by atoms with Crippen LogP contribution < -0.4 is 10.1 Å². The third kappa shape index (κ3) is 3.88. The molecule has 8 heteroatoms. The number of ether oxygens (including phenoxy) is 1. The minimum Gasteiger partial charge on any atom is -0.491 e. The number of halogens is 1. The van der Waals surface area contributed by atoms with Crippen LogP contribution in [0.2, 0.25) is 0 Å². The minimum atomic E-state index is -0.425. The first-order chi connectivity index (χ1) is 13.9. The van der Waals surface area contributed by atoms with Gasteiger partial charge in [-0.1, -0.05) is 15.9 Å². The van der Waals surface area contributed by atoms with E-state index >= 15 is 0 Å². The number of aromatic nitrogens is 2. The highest BCUT2D eigenvalue weighted by atomic mass is 79.9. The number of furan rings is 1. The fourth-order valence-corrected chi connectivity index (χ4v) is 3.36. The number of hydrogen-bond acceptors (Lipinski definition) is 6. The zero-order valence-electron chi connectivity index (χ0n) is 16.0. The zero-order chi connectivity index (χ0) is 20.5. The number of carbonyl (C=O) groups is 1. The van der Waals surface area contributed by atoms with Crippen molar-refractivity contribution in [3.05, 3.63) is 58.3 Å². The van der Waals surface area contributed by atoms with Gasteiger partial charge in [0.2, 0.25) is 5.82 Å². The summed E-state index contributed by atoms with van der Waals surface area (Å²) in [5.74, 6) is 0.752. The maximum absolute atomic E-state index is 12.8. The second-order valence-electron chi connectivity index (χ2n) is 6.80. The van der Waals surface area contributed by atoms with E-state index in [0.29, 0.717) is 11.3 Å². The molecule has 7 nitrogen and oxygen atoms in total. The highest BCUT2D eigenvalue weighted by Gasteiger charge is 2.21. The van der Waals surface area contributed by atoms with Gasteiger partial charge in [0.15, 0.2) is 11.5 Å². The lowest BCUT2D eigenvalue weighted by Gasteiger charge is -2.09. The molecular formula is C21H18BrN3O4. The fourth-order valence-electron chi connectivity index (χ4n) is 3.00. The van der Waals surface area contributed by atoms with Crippen molar-refractivity contribution >= 4 is 38.6 Å². The highest BCUT2D eigenvalue weighted by Crippen LogP contribution is 2.30. The summed E-state index contributed by atoms with van der Waals surface area (Å²) in [5, 5.41) is 11.3.